The van der Waals surface area contributed by atoms with E-state index in [0.29, 0.717) is 23.5 Å². The summed E-state index contributed by atoms with van der Waals surface area (Å²) in [4.78, 5) is 6.56. The van der Waals surface area contributed by atoms with E-state index < -0.39 is 0 Å². The molecule has 1 aromatic heterocycles. The maximum atomic E-state index is 8.96. The molecule has 4 nitrogen and oxygen atoms in total. The molecule has 0 aliphatic carbocycles. The third kappa shape index (κ3) is 4.56. The number of aliphatic hydroxyl groups is 1. The van der Waals surface area contributed by atoms with E-state index >= 15 is 0 Å². The fraction of sp³-hybridized carbons (Fsp3) is 0.438. The van der Waals surface area contributed by atoms with Crippen LogP contribution in [0.15, 0.2) is 34.9 Å². The normalized spacial score (nSPS) is 11.5. The second-order valence-electron chi connectivity index (χ2n) is 5.27. The molecule has 1 heterocycles. The molecule has 5 heteroatoms. The van der Waals surface area contributed by atoms with E-state index in [-0.39, 0.29) is 6.61 Å². The zero-order chi connectivity index (χ0) is 15.2. The quantitative estimate of drug-likeness (QED) is 0.849. The molecule has 0 bridgehead atoms. The van der Waals surface area contributed by atoms with Gasteiger partial charge in [-0.1, -0.05) is 23.7 Å². The Bertz CT molecular complexity index is 569. The van der Waals surface area contributed by atoms with Gasteiger partial charge < -0.3 is 9.52 Å². The topological polar surface area (TPSA) is 49.5 Å². The van der Waals surface area contributed by atoms with Crippen LogP contribution in [0.1, 0.15) is 26.2 Å². The first kappa shape index (κ1) is 16.0. The summed E-state index contributed by atoms with van der Waals surface area (Å²) in [5.74, 6) is 1.40. The van der Waals surface area contributed by atoms with E-state index in [2.05, 4.69) is 23.7 Å². The van der Waals surface area contributed by atoms with Crippen molar-refractivity contribution in [3.05, 3.63) is 41.4 Å². The Labute approximate surface area is 130 Å². The molecule has 1 aromatic carbocycles. The summed E-state index contributed by atoms with van der Waals surface area (Å²) in [7, 11) is 0. The summed E-state index contributed by atoms with van der Waals surface area (Å²) in [6, 6.07) is 7.90. The van der Waals surface area contributed by atoms with E-state index in [1.807, 2.05) is 24.3 Å². The summed E-state index contributed by atoms with van der Waals surface area (Å²) in [5.41, 5.74) is 0.924. The van der Waals surface area contributed by atoms with Gasteiger partial charge in [0.25, 0.3) is 0 Å². The van der Waals surface area contributed by atoms with Crippen molar-refractivity contribution >= 4 is 11.6 Å². The summed E-state index contributed by atoms with van der Waals surface area (Å²) in [5, 5.41) is 9.64. The predicted octanol–water partition coefficient (Wildman–Crippen LogP) is 3.59. The second-order valence-corrected chi connectivity index (χ2v) is 5.71. The molecule has 0 aliphatic heterocycles. The fourth-order valence-corrected chi connectivity index (χ4v) is 2.32. The molecule has 0 aliphatic rings. The van der Waals surface area contributed by atoms with Crippen molar-refractivity contribution in [2.45, 2.75) is 32.9 Å². The Balaban J connectivity index is 2.08. The molecular weight excluding hydrogens is 288 g/mol. The summed E-state index contributed by atoms with van der Waals surface area (Å²) >= 11 is 5.99. The third-order valence-corrected chi connectivity index (χ3v) is 3.57. The van der Waals surface area contributed by atoms with Crippen LogP contribution in [0, 0.1) is 0 Å². The van der Waals surface area contributed by atoms with Crippen LogP contribution in [0.4, 0.5) is 0 Å². The summed E-state index contributed by atoms with van der Waals surface area (Å²) in [6.45, 7) is 5.90. The van der Waals surface area contributed by atoms with Crippen LogP contribution in [-0.4, -0.2) is 34.2 Å². The Morgan fingerprint density at radius 3 is 2.86 bits per heavy atom. The van der Waals surface area contributed by atoms with Crippen molar-refractivity contribution in [2.24, 2.45) is 0 Å². The Morgan fingerprint density at radius 1 is 1.38 bits per heavy atom. The SMILES string of the molecule is CC(C)N(CCCO)Cc1ncc(-c2cccc(Cl)c2)o1. The maximum absolute atomic E-state index is 8.96. The van der Waals surface area contributed by atoms with Crippen LogP contribution in [0.3, 0.4) is 0 Å². The van der Waals surface area contributed by atoms with Crippen molar-refractivity contribution < 1.29 is 9.52 Å². The van der Waals surface area contributed by atoms with Crippen molar-refractivity contribution in [1.29, 1.82) is 0 Å². The molecule has 0 saturated carbocycles. The smallest absolute Gasteiger partial charge is 0.209 e. The lowest BCUT2D eigenvalue weighted by atomic mass is 10.2. The Kier molecular flexibility index (Phi) is 5.79. The molecule has 0 radical (unpaired) electrons. The zero-order valence-electron chi connectivity index (χ0n) is 12.4. The predicted molar refractivity (Wildman–Crippen MR) is 84.2 cm³/mol. The van der Waals surface area contributed by atoms with Crippen molar-refractivity contribution in [3.8, 4) is 11.3 Å². The number of nitrogens with zero attached hydrogens (tertiary/aromatic N) is 2. The number of hydrogen-bond acceptors (Lipinski definition) is 4. The number of benzene rings is 1. The van der Waals surface area contributed by atoms with E-state index in [0.717, 1.165) is 24.3 Å². The molecule has 0 fully saturated rings. The van der Waals surface area contributed by atoms with Crippen molar-refractivity contribution in [3.63, 3.8) is 0 Å². The fourth-order valence-electron chi connectivity index (χ4n) is 2.13. The van der Waals surface area contributed by atoms with Crippen LogP contribution in [0.25, 0.3) is 11.3 Å². The van der Waals surface area contributed by atoms with Gasteiger partial charge in [0, 0.05) is 29.8 Å². The van der Waals surface area contributed by atoms with Crippen LogP contribution in [-0.2, 0) is 6.54 Å². The van der Waals surface area contributed by atoms with Crippen LogP contribution < -0.4 is 0 Å². The maximum Gasteiger partial charge on any atom is 0.209 e. The van der Waals surface area contributed by atoms with E-state index in [4.69, 9.17) is 21.1 Å². The van der Waals surface area contributed by atoms with Crippen LogP contribution in [0.2, 0.25) is 5.02 Å². The third-order valence-electron chi connectivity index (χ3n) is 3.33. The summed E-state index contributed by atoms with van der Waals surface area (Å²) < 4.78 is 5.81. The highest BCUT2D eigenvalue weighted by Crippen LogP contribution is 2.24. The first-order valence-corrected chi connectivity index (χ1v) is 7.53. The van der Waals surface area contributed by atoms with Gasteiger partial charge in [-0.25, -0.2) is 4.98 Å². The minimum Gasteiger partial charge on any atom is -0.439 e. The Hall–Kier alpha value is -1.36. The minimum atomic E-state index is 0.197. The van der Waals surface area contributed by atoms with Crippen molar-refractivity contribution in [1.82, 2.24) is 9.88 Å². The van der Waals surface area contributed by atoms with Gasteiger partial charge in [0.05, 0.1) is 12.7 Å². The number of aliphatic hydroxyl groups excluding tert-OH is 1. The molecule has 114 valence electrons. The molecule has 0 unspecified atom stereocenters. The lowest BCUT2D eigenvalue weighted by Gasteiger charge is -2.24. The first-order valence-electron chi connectivity index (χ1n) is 7.15. The monoisotopic (exact) mass is 308 g/mol. The lowest BCUT2D eigenvalue weighted by molar-refractivity contribution is 0.171. The molecule has 0 amide bonds. The van der Waals surface area contributed by atoms with Gasteiger partial charge in [-0.3, -0.25) is 4.90 Å². The van der Waals surface area contributed by atoms with Gasteiger partial charge in [-0.05, 0) is 32.4 Å². The molecular formula is C16H21ClN2O2. The summed E-state index contributed by atoms with van der Waals surface area (Å²) in [6.07, 6.45) is 2.48. The average molecular weight is 309 g/mol. The minimum absolute atomic E-state index is 0.197. The van der Waals surface area contributed by atoms with Crippen LogP contribution in [0.5, 0.6) is 0 Å². The Morgan fingerprint density at radius 2 is 2.19 bits per heavy atom. The van der Waals surface area contributed by atoms with Gasteiger partial charge in [0.1, 0.15) is 0 Å². The van der Waals surface area contributed by atoms with E-state index in [1.54, 1.807) is 6.20 Å². The molecule has 0 spiro atoms. The number of halogens is 1. The van der Waals surface area contributed by atoms with Gasteiger partial charge in [-0.2, -0.15) is 0 Å². The highest BCUT2D eigenvalue weighted by Gasteiger charge is 2.14. The number of aromatic nitrogens is 1. The molecule has 2 aromatic rings. The zero-order valence-corrected chi connectivity index (χ0v) is 13.2. The van der Waals surface area contributed by atoms with Crippen LogP contribution >= 0.6 is 11.6 Å². The first-order chi connectivity index (χ1) is 10.1. The second kappa shape index (κ2) is 7.59. The van der Waals surface area contributed by atoms with Gasteiger partial charge in [-0.15, -0.1) is 0 Å². The number of hydrogen-bond donors (Lipinski definition) is 1. The van der Waals surface area contributed by atoms with Gasteiger partial charge >= 0.3 is 0 Å². The lowest BCUT2D eigenvalue weighted by Crippen LogP contribution is -2.31. The van der Waals surface area contributed by atoms with Crippen molar-refractivity contribution in [2.75, 3.05) is 13.2 Å². The molecule has 0 saturated heterocycles. The largest absolute Gasteiger partial charge is 0.439 e. The number of oxazole rings is 1. The van der Waals surface area contributed by atoms with E-state index in [9.17, 15) is 0 Å². The molecule has 1 N–H and O–H groups in total. The highest BCUT2D eigenvalue weighted by atomic mass is 35.5. The highest BCUT2D eigenvalue weighted by molar-refractivity contribution is 6.30. The van der Waals surface area contributed by atoms with Gasteiger partial charge in [0.2, 0.25) is 5.89 Å². The molecule has 2 rings (SSSR count). The molecule has 21 heavy (non-hydrogen) atoms. The standard InChI is InChI=1S/C16H21ClN2O2/c1-12(2)19(7-4-8-20)11-16-18-10-15(21-16)13-5-3-6-14(17)9-13/h3,5-6,9-10,12,20H,4,7-8,11H2,1-2H3. The number of rotatable bonds is 7. The van der Waals surface area contributed by atoms with E-state index in [1.165, 1.54) is 0 Å². The molecule has 0 atom stereocenters. The average Bonchev–Trinajstić information content (AvgIpc) is 2.91. The van der Waals surface area contributed by atoms with Gasteiger partial charge in [0.15, 0.2) is 5.76 Å².